The van der Waals surface area contributed by atoms with Crippen LogP contribution in [0.15, 0.2) is 22.6 Å². The molecule has 1 fully saturated rings. The summed E-state index contributed by atoms with van der Waals surface area (Å²) in [7, 11) is 4.57. The lowest BCUT2D eigenvalue weighted by Gasteiger charge is -2.30. The van der Waals surface area contributed by atoms with Crippen LogP contribution in [0, 0.1) is 4.84 Å². The maximum Gasteiger partial charge on any atom is 0.320 e. The average molecular weight is 412 g/mol. The molecule has 2 aromatic rings. The van der Waals surface area contributed by atoms with Gasteiger partial charge in [-0.15, -0.1) is 16.9 Å². The Hall–Kier alpha value is -2.04. The summed E-state index contributed by atoms with van der Waals surface area (Å²) < 4.78 is 22.8. The molecule has 1 aliphatic rings. The molecule has 0 amide bonds. The zero-order valence-electron chi connectivity index (χ0n) is 15.3. The van der Waals surface area contributed by atoms with Crippen molar-refractivity contribution < 1.29 is 23.4 Å². The highest BCUT2D eigenvalue weighted by Crippen LogP contribution is 2.32. The Labute approximate surface area is 166 Å². The van der Waals surface area contributed by atoms with E-state index in [2.05, 4.69) is 10.00 Å². The Kier molecular flexibility index (Phi) is 6.40. The molecule has 1 atom stereocenters. The van der Waals surface area contributed by atoms with E-state index in [0.717, 1.165) is 12.3 Å². The first-order valence-electron chi connectivity index (χ1n) is 8.28. The number of aromatic nitrogens is 2. The molecule has 8 nitrogen and oxygen atoms in total. The number of thioether (sulfide) groups is 1. The number of esters is 1. The number of nitrogens with zero attached hydrogens (tertiary/aromatic N) is 3. The van der Waals surface area contributed by atoms with Gasteiger partial charge in [-0.05, 0) is 24.4 Å². The Bertz CT molecular complexity index is 866. The van der Waals surface area contributed by atoms with E-state index >= 15 is 0 Å². The molecule has 146 valence electrons. The zero-order chi connectivity index (χ0) is 19.4. The molecule has 0 N–H and O–H groups in total. The lowest BCUT2D eigenvalue weighted by atomic mass is 10.2. The lowest BCUT2D eigenvalue weighted by molar-refractivity contribution is -0.140. The van der Waals surface area contributed by atoms with Gasteiger partial charge in [0, 0.05) is 24.9 Å². The van der Waals surface area contributed by atoms with E-state index in [-0.39, 0.29) is 16.1 Å². The van der Waals surface area contributed by atoms with Gasteiger partial charge in [-0.25, -0.2) is 4.68 Å². The van der Waals surface area contributed by atoms with Crippen LogP contribution in [0.4, 0.5) is 0 Å². The summed E-state index contributed by atoms with van der Waals surface area (Å²) in [5.41, 5.74) is 0.685. The van der Waals surface area contributed by atoms with E-state index in [0.29, 0.717) is 36.2 Å². The van der Waals surface area contributed by atoms with Crippen LogP contribution in [0.3, 0.4) is 0 Å². The first-order valence-corrected chi connectivity index (χ1v) is 9.73. The molecule has 0 aliphatic carbocycles. The Morgan fingerprint density at radius 3 is 2.89 bits per heavy atom. The Balaban J connectivity index is 1.79. The van der Waals surface area contributed by atoms with Crippen LogP contribution < -0.4 is 9.47 Å². The van der Waals surface area contributed by atoms with E-state index in [1.165, 1.54) is 7.11 Å². The topological polar surface area (TPSA) is 79.0 Å². The number of hydrogen-bond acceptors (Lipinski definition) is 9. The molecule has 0 bridgehead atoms. The largest absolute Gasteiger partial charge is 0.497 e. The van der Waals surface area contributed by atoms with Crippen molar-refractivity contribution in [3.63, 3.8) is 0 Å². The molecule has 10 heteroatoms. The lowest BCUT2D eigenvalue weighted by Crippen LogP contribution is -2.42. The molecule has 2 heterocycles. The summed E-state index contributed by atoms with van der Waals surface area (Å²) in [5.74, 6) is 2.25. The van der Waals surface area contributed by atoms with Gasteiger partial charge in [-0.3, -0.25) is 9.69 Å². The van der Waals surface area contributed by atoms with Crippen molar-refractivity contribution in [2.24, 2.45) is 0 Å². The van der Waals surface area contributed by atoms with Gasteiger partial charge in [0.15, 0.2) is 0 Å². The van der Waals surface area contributed by atoms with E-state index in [9.17, 15) is 4.79 Å². The maximum absolute atomic E-state index is 11.8. The van der Waals surface area contributed by atoms with Crippen LogP contribution in [0.25, 0.3) is 11.5 Å². The number of methoxy groups -OCH3 is 3. The fourth-order valence-electron chi connectivity index (χ4n) is 2.77. The van der Waals surface area contributed by atoms with Gasteiger partial charge in [-0.2, -0.15) is 0 Å². The summed E-state index contributed by atoms with van der Waals surface area (Å²) in [4.78, 5) is 14.2. The number of carbonyl (C=O) groups is 1. The number of carbonyl (C=O) groups excluding carboxylic acids is 1. The van der Waals surface area contributed by atoms with Crippen molar-refractivity contribution in [1.82, 2.24) is 14.7 Å². The highest BCUT2D eigenvalue weighted by Gasteiger charge is 2.27. The number of ether oxygens (including phenoxy) is 3. The standard InChI is InChI=1S/C17H21N3O5S2/c1-22-11-4-5-12(13(8-11)23-2)15-18-20(17(26)25-15)10-19-6-7-27-14(9-19)16(21)24-3/h4-5,8,14H,6-7,9-10H2,1-3H3/t14-/m0/s1. The Morgan fingerprint density at radius 2 is 2.19 bits per heavy atom. The van der Waals surface area contributed by atoms with Gasteiger partial charge in [-0.1, -0.05) is 0 Å². The third-order valence-electron chi connectivity index (χ3n) is 4.19. The minimum Gasteiger partial charge on any atom is -0.497 e. The molecular weight excluding hydrogens is 390 g/mol. The summed E-state index contributed by atoms with van der Waals surface area (Å²) in [6, 6.07) is 5.38. The summed E-state index contributed by atoms with van der Waals surface area (Å²) in [5, 5.41) is 4.29. The third kappa shape index (κ3) is 4.45. The fraction of sp³-hybridized carbons (Fsp3) is 0.471. The number of benzene rings is 1. The van der Waals surface area contributed by atoms with Crippen molar-refractivity contribution in [2.45, 2.75) is 11.9 Å². The zero-order valence-corrected chi connectivity index (χ0v) is 17.0. The maximum atomic E-state index is 11.8. The minimum atomic E-state index is -0.211. The summed E-state index contributed by atoms with van der Waals surface area (Å²) >= 11 is 6.92. The van der Waals surface area contributed by atoms with Crippen molar-refractivity contribution in [1.29, 1.82) is 0 Å². The van der Waals surface area contributed by atoms with Gasteiger partial charge < -0.3 is 18.6 Å². The predicted octanol–water partition coefficient (Wildman–Crippen LogP) is 2.44. The first-order chi connectivity index (χ1) is 13.0. The SMILES string of the molecule is COC(=O)[C@@H]1CN(Cn2nc(-c3ccc(OC)cc3OC)oc2=S)CCS1. The second kappa shape index (κ2) is 8.77. The molecule has 1 aliphatic heterocycles. The monoisotopic (exact) mass is 411 g/mol. The van der Waals surface area contributed by atoms with Crippen molar-refractivity contribution >= 4 is 29.9 Å². The Morgan fingerprint density at radius 1 is 1.37 bits per heavy atom. The van der Waals surface area contributed by atoms with E-state index in [1.54, 1.807) is 42.8 Å². The van der Waals surface area contributed by atoms with Crippen LogP contribution >= 0.6 is 24.0 Å². The predicted molar refractivity (Wildman–Crippen MR) is 104 cm³/mol. The minimum absolute atomic E-state index is 0.203. The molecule has 1 aromatic heterocycles. The molecule has 0 saturated carbocycles. The molecule has 0 radical (unpaired) electrons. The van der Waals surface area contributed by atoms with Gasteiger partial charge >= 0.3 is 5.97 Å². The van der Waals surface area contributed by atoms with Crippen molar-refractivity contribution in [2.75, 3.05) is 40.2 Å². The quantitative estimate of drug-likeness (QED) is 0.526. The number of hydrogen-bond donors (Lipinski definition) is 0. The normalized spacial score (nSPS) is 17.5. The van der Waals surface area contributed by atoms with Gasteiger partial charge in [0.05, 0.1) is 33.6 Å². The molecule has 0 spiro atoms. The van der Waals surface area contributed by atoms with Crippen molar-refractivity contribution in [3.05, 3.63) is 23.0 Å². The summed E-state index contributed by atoms with van der Waals surface area (Å²) in [6.45, 7) is 1.84. The molecule has 1 aromatic carbocycles. The highest BCUT2D eigenvalue weighted by atomic mass is 32.2. The van der Waals surface area contributed by atoms with E-state index in [1.807, 2.05) is 6.07 Å². The molecule has 27 heavy (non-hydrogen) atoms. The van der Waals surface area contributed by atoms with E-state index in [4.69, 9.17) is 30.8 Å². The smallest absolute Gasteiger partial charge is 0.320 e. The van der Waals surface area contributed by atoms with Crippen LogP contribution in [-0.2, 0) is 16.2 Å². The third-order valence-corrected chi connectivity index (χ3v) is 5.65. The van der Waals surface area contributed by atoms with Crippen LogP contribution in [0.1, 0.15) is 0 Å². The molecular formula is C17H21N3O5S2. The second-order valence-electron chi connectivity index (χ2n) is 5.84. The molecule has 3 rings (SSSR count). The van der Waals surface area contributed by atoms with Crippen LogP contribution in [-0.4, -0.2) is 66.1 Å². The van der Waals surface area contributed by atoms with Crippen LogP contribution in [0.5, 0.6) is 11.5 Å². The second-order valence-corrected chi connectivity index (χ2v) is 7.50. The average Bonchev–Trinajstić information content (AvgIpc) is 3.07. The van der Waals surface area contributed by atoms with Crippen LogP contribution in [0.2, 0.25) is 0 Å². The highest BCUT2D eigenvalue weighted by molar-refractivity contribution is 8.00. The van der Waals surface area contributed by atoms with Gasteiger partial charge in [0.2, 0.25) is 0 Å². The number of rotatable bonds is 6. The fourth-order valence-corrected chi connectivity index (χ4v) is 4.15. The molecule has 1 saturated heterocycles. The van der Waals surface area contributed by atoms with E-state index < -0.39 is 0 Å². The van der Waals surface area contributed by atoms with Gasteiger partial charge in [0.25, 0.3) is 10.7 Å². The molecule has 0 unspecified atom stereocenters. The van der Waals surface area contributed by atoms with Gasteiger partial charge in [0.1, 0.15) is 16.7 Å². The van der Waals surface area contributed by atoms with Crippen molar-refractivity contribution in [3.8, 4) is 23.0 Å². The first kappa shape index (κ1) is 19.7. The summed E-state index contributed by atoms with van der Waals surface area (Å²) in [6.07, 6.45) is 0.